The Labute approximate surface area is 198 Å². The molecule has 2 aromatic rings. The first-order valence-electron chi connectivity index (χ1n) is 10.8. The fourth-order valence-corrected chi connectivity index (χ4v) is 3.87. The van der Waals surface area contributed by atoms with E-state index in [9.17, 15) is 9.59 Å². The predicted octanol–water partition coefficient (Wildman–Crippen LogP) is 3.88. The Morgan fingerprint density at radius 1 is 1.33 bits per heavy atom. The highest BCUT2D eigenvalue weighted by Gasteiger charge is 2.24. The monoisotopic (exact) mass is 472 g/mol. The van der Waals surface area contributed by atoms with Crippen LogP contribution in [0.3, 0.4) is 0 Å². The second-order valence-electron chi connectivity index (χ2n) is 8.12. The Balaban J connectivity index is 1.63. The molecule has 1 aliphatic heterocycles. The molecule has 2 heterocycles. The van der Waals surface area contributed by atoms with Crippen LogP contribution in [-0.2, 0) is 9.59 Å². The van der Waals surface area contributed by atoms with Crippen LogP contribution in [0.15, 0.2) is 36.5 Å². The van der Waals surface area contributed by atoms with Crippen LogP contribution < -0.4 is 25.4 Å². The van der Waals surface area contributed by atoms with Crippen molar-refractivity contribution >= 4 is 41.0 Å². The third-order valence-electron chi connectivity index (χ3n) is 5.20. The van der Waals surface area contributed by atoms with Gasteiger partial charge in [0.15, 0.2) is 11.5 Å². The molecule has 8 nitrogen and oxygen atoms in total. The number of aromatic nitrogens is 1. The minimum Gasteiger partial charge on any atom is -0.493 e. The highest BCUT2D eigenvalue weighted by molar-refractivity contribution is 6.32. The third-order valence-corrected chi connectivity index (χ3v) is 5.48. The van der Waals surface area contributed by atoms with E-state index < -0.39 is 0 Å². The van der Waals surface area contributed by atoms with E-state index in [-0.39, 0.29) is 23.8 Å². The van der Waals surface area contributed by atoms with E-state index in [0.717, 1.165) is 25.2 Å². The van der Waals surface area contributed by atoms with Crippen molar-refractivity contribution in [2.45, 2.75) is 32.8 Å². The van der Waals surface area contributed by atoms with E-state index in [0.29, 0.717) is 34.3 Å². The van der Waals surface area contributed by atoms with E-state index in [1.165, 1.54) is 13.2 Å². The number of halogens is 1. The van der Waals surface area contributed by atoms with Gasteiger partial charge in [0.2, 0.25) is 11.8 Å². The lowest BCUT2D eigenvalue weighted by atomic mass is 9.97. The molecule has 176 valence electrons. The molecule has 33 heavy (non-hydrogen) atoms. The van der Waals surface area contributed by atoms with Crippen LogP contribution in [0, 0.1) is 5.92 Å². The molecule has 1 fully saturated rings. The molecule has 1 unspecified atom stereocenters. The summed E-state index contributed by atoms with van der Waals surface area (Å²) in [6, 6.07) is 7.06. The van der Waals surface area contributed by atoms with Gasteiger partial charge in [-0.1, -0.05) is 11.6 Å². The first kappa shape index (κ1) is 24.4. The fourth-order valence-electron chi connectivity index (χ4n) is 3.61. The first-order chi connectivity index (χ1) is 15.8. The molecule has 1 aromatic carbocycles. The molecule has 1 aliphatic rings. The van der Waals surface area contributed by atoms with Gasteiger partial charge in [0, 0.05) is 19.2 Å². The number of amides is 2. The minimum atomic E-state index is -0.311. The zero-order valence-corrected chi connectivity index (χ0v) is 19.8. The molecule has 3 rings (SSSR count). The Kier molecular flexibility index (Phi) is 8.16. The maximum absolute atomic E-state index is 12.4. The van der Waals surface area contributed by atoms with Gasteiger partial charge < -0.3 is 25.4 Å². The number of rotatable bonds is 8. The summed E-state index contributed by atoms with van der Waals surface area (Å²) in [5.74, 6) is 0.957. The van der Waals surface area contributed by atoms with Gasteiger partial charge in [-0.25, -0.2) is 4.98 Å². The highest BCUT2D eigenvalue weighted by atomic mass is 35.5. The summed E-state index contributed by atoms with van der Waals surface area (Å²) >= 11 is 6.33. The van der Waals surface area contributed by atoms with Gasteiger partial charge in [-0.05, 0) is 62.6 Å². The summed E-state index contributed by atoms with van der Waals surface area (Å²) in [4.78, 5) is 30.3. The van der Waals surface area contributed by atoms with Crippen LogP contribution in [0.5, 0.6) is 11.5 Å². The lowest BCUT2D eigenvalue weighted by Gasteiger charge is -2.32. The standard InChI is InChI=1S/C24H29ClN4O4/c1-15(2)33-23-19(25)11-16(12-20(23)32-3)6-9-22(30)28-18-7-8-21(27-13-18)29-10-4-5-17(14-29)24(26)31/h6-9,11-13,15,17H,4-5,10,14H2,1-3H3,(H2,26,31)(H,28,30)/b9-6+. The summed E-state index contributed by atoms with van der Waals surface area (Å²) < 4.78 is 11.1. The molecule has 1 saturated heterocycles. The topological polar surface area (TPSA) is 107 Å². The van der Waals surface area contributed by atoms with E-state index in [2.05, 4.69) is 10.3 Å². The van der Waals surface area contributed by atoms with Crippen molar-refractivity contribution in [3.63, 3.8) is 0 Å². The Bertz CT molecular complexity index is 1020. The number of primary amides is 1. The molecule has 1 atom stereocenters. The van der Waals surface area contributed by atoms with Crippen LogP contribution in [0.4, 0.5) is 11.5 Å². The Morgan fingerprint density at radius 2 is 2.12 bits per heavy atom. The number of nitrogens with two attached hydrogens (primary N) is 1. The summed E-state index contributed by atoms with van der Waals surface area (Å²) in [6.07, 6.45) is 6.27. The normalized spacial score (nSPS) is 16.2. The van der Waals surface area contributed by atoms with Crippen LogP contribution in [0.1, 0.15) is 32.3 Å². The smallest absolute Gasteiger partial charge is 0.248 e. The average Bonchev–Trinajstić information content (AvgIpc) is 2.79. The van der Waals surface area contributed by atoms with E-state index >= 15 is 0 Å². The van der Waals surface area contributed by atoms with Gasteiger partial charge in [-0.2, -0.15) is 0 Å². The molecule has 0 radical (unpaired) electrons. The van der Waals surface area contributed by atoms with Crippen molar-refractivity contribution in [1.29, 1.82) is 0 Å². The highest BCUT2D eigenvalue weighted by Crippen LogP contribution is 2.37. The summed E-state index contributed by atoms with van der Waals surface area (Å²) in [5.41, 5.74) is 6.71. The van der Waals surface area contributed by atoms with E-state index in [1.54, 1.807) is 30.5 Å². The number of piperidine rings is 1. The molecule has 0 spiro atoms. The van der Waals surface area contributed by atoms with Gasteiger partial charge in [-0.15, -0.1) is 0 Å². The van der Waals surface area contributed by atoms with Crippen molar-refractivity contribution in [1.82, 2.24) is 4.98 Å². The second-order valence-corrected chi connectivity index (χ2v) is 8.52. The Hall–Kier alpha value is -3.26. The van der Waals surface area contributed by atoms with Gasteiger partial charge >= 0.3 is 0 Å². The zero-order valence-electron chi connectivity index (χ0n) is 19.0. The molecule has 0 bridgehead atoms. The SMILES string of the molecule is COc1cc(/C=C/C(=O)Nc2ccc(N3CCCC(C(N)=O)C3)nc2)cc(Cl)c1OC(C)C. The number of nitrogens with one attached hydrogen (secondary N) is 1. The third kappa shape index (κ3) is 6.61. The number of hydrogen-bond donors (Lipinski definition) is 2. The predicted molar refractivity (Wildman–Crippen MR) is 130 cm³/mol. The van der Waals surface area contributed by atoms with Crippen LogP contribution in [-0.4, -0.2) is 43.1 Å². The molecule has 9 heteroatoms. The number of benzene rings is 1. The maximum atomic E-state index is 12.4. The summed E-state index contributed by atoms with van der Waals surface area (Å²) in [7, 11) is 1.54. The zero-order chi connectivity index (χ0) is 24.0. The van der Waals surface area contributed by atoms with Crippen molar-refractivity contribution < 1.29 is 19.1 Å². The van der Waals surface area contributed by atoms with E-state index in [1.807, 2.05) is 24.8 Å². The second kappa shape index (κ2) is 11.0. The van der Waals surface area contributed by atoms with Crippen molar-refractivity contribution in [3.05, 3.63) is 47.1 Å². The van der Waals surface area contributed by atoms with E-state index in [4.69, 9.17) is 26.8 Å². The minimum absolute atomic E-state index is 0.0527. The first-order valence-corrected chi connectivity index (χ1v) is 11.2. The molecule has 0 aliphatic carbocycles. The quantitative estimate of drug-likeness (QED) is 0.564. The number of nitrogens with zero attached hydrogens (tertiary/aromatic N) is 2. The van der Waals surface area contributed by atoms with Crippen LogP contribution >= 0.6 is 11.6 Å². The Morgan fingerprint density at radius 3 is 2.76 bits per heavy atom. The number of anilines is 2. The lowest BCUT2D eigenvalue weighted by molar-refractivity contribution is -0.122. The summed E-state index contributed by atoms with van der Waals surface area (Å²) in [6.45, 7) is 5.18. The van der Waals surface area contributed by atoms with Gasteiger partial charge in [0.05, 0.1) is 36.0 Å². The average molecular weight is 473 g/mol. The number of pyridine rings is 1. The molecule has 2 amide bonds. The van der Waals surface area contributed by atoms with Crippen LogP contribution in [0.25, 0.3) is 6.08 Å². The number of carbonyl (C=O) groups excluding carboxylic acids is 2. The molecule has 0 saturated carbocycles. The lowest BCUT2D eigenvalue weighted by Crippen LogP contribution is -2.41. The molecule has 1 aromatic heterocycles. The molecular weight excluding hydrogens is 444 g/mol. The van der Waals surface area contributed by atoms with Crippen molar-refractivity contribution in [2.24, 2.45) is 11.7 Å². The number of carbonyl (C=O) groups is 2. The van der Waals surface area contributed by atoms with Crippen molar-refractivity contribution in [2.75, 3.05) is 30.4 Å². The van der Waals surface area contributed by atoms with Crippen LogP contribution in [0.2, 0.25) is 5.02 Å². The van der Waals surface area contributed by atoms with Gasteiger partial charge in [0.1, 0.15) is 5.82 Å². The molecular formula is C24H29ClN4O4. The van der Waals surface area contributed by atoms with Gasteiger partial charge in [0.25, 0.3) is 0 Å². The van der Waals surface area contributed by atoms with Crippen molar-refractivity contribution in [3.8, 4) is 11.5 Å². The van der Waals surface area contributed by atoms with Gasteiger partial charge in [-0.3, -0.25) is 9.59 Å². The number of ether oxygens (including phenoxy) is 2. The molecule has 3 N–H and O–H groups in total. The number of hydrogen-bond acceptors (Lipinski definition) is 6. The maximum Gasteiger partial charge on any atom is 0.248 e. The number of methoxy groups -OCH3 is 1. The summed E-state index contributed by atoms with van der Waals surface area (Å²) in [5, 5.41) is 3.18. The largest absolute Gasteiger partial charge is 0.493 e. The fraction of sp³-hybridized carbons (Fsp3) is 0.375.